The van der Waals surface area contributed by atoms with E-state index in [1.807, 2.05) is 12.1 Å². The number of nitrogens with one attached hydrogen (secondary N) is 1. The molecule has 0 spiro atoms. The van der Waals surface area contributed by atoms with Gasteiger partial charge >= 0.3 is 6.18 Å². The Kier molecular flexibility index (Phi) is 5.72. The van der Waals surface area contributed by atoms with E-state index in [-0.39, 0.29) is 23.1 Å². The normalized spacial score (nSPS) is 19.0. The van der Waals surface area contributed by atoms with E-state index in [9.17, 15) is 32.0 Å². The molecule has 30 heavy (non-hydrogen) atoms. The number of hydrogen-bond acceptors (Lipinski definition) is 6. The summed E-state index contributed by atoms with van der Waals surface area (Å²) in [5.74, 6) is -7.21. The Morgan fingerprint density at radius 3 is 2.50 bits per heavy atom. The maximum absolute atomic E-state index is 13.8. The molecule has 0 aliphatic heterocycles. The van der Waals surface area contributed by atoms with Crippen LogP contribution in [0.5, 0.6) is 0 Å². The molecule has 1 aromatic heterocycles. The standard InChI is InChI=1S/C18H12F5N5OS/c19-17(20)4-3-10(6-17)13(9-1-2-11(7-24)12(5-9)8-25)14(29)26-16-27-15(28-30-16)18(21,22)23/h1-2,5,10,13H,3-4,6H2,(H,26,27,28,29). The van der Waals surface area contributed by atoms with Gasteiger partial charge in [-0.1, -0.05) is 6.07 Å². The Morgan fingerprint density at radius 1 is 1.27 bits per heavy atom. The van der Waals surface area contributed by atoms with Crippen LogP contribution in [0.15, 0.2) is 18.2 Å². The molecular weight excluding hydrogens is 429 g/mol. The van der Waals surface area contributed by atoms with Crippen LogP contribution >= 0.6 is 11.5 Å². The highest BCUT2D eigenvalue weighted by atomic mass is 32.1. The van der Waals surface area contributed by atoms with Gasteiger partial charge in [-0.15, -0.1) is 0 Å². The Hall–Kier alpha value is -3.12. The summed E-state index contributed by atoms with van der Waals surface area (Å²) in [4.78, 5) is 16.1. The molecule has 12 heteroatoms. The van der Waals surface area contributed by atoms with Crippen LogP contribution in [0, 0.1) is 28.6 Å². The fourth-order valence-electron chi connectivity index (χ4n) is 3.42. The van der Waals surface area contributed by atoms with E-state index in [1.165, 1.54) is 18.2 Å². The number of rotatable bonds is 4. The van der Waals surface area contributed by atoms with Crippen LogP contribution in [0.25, 0.3) is 0 Å². The zero-order chi connectivity index (χ0) is 22.1. The van der Waals surface area contributed by atoms with Crippen molar-refractivity contribution in [2.24, 2.45) is 5.92 Å². The van der Waals surface area contributed by atoms with Crippen molar-refractivity contribution in [3.63, 3.8) is 0 Å². The molecule has 2 unspecified atom stereocenters. The molecule has 1 N–H and O–H groups in total. The Morgan fingerprint density at radius 2 is 1.97 bits per heavy atom. The first-order chi connectivity index (χ1) is 14.0. The minimum atomic E-state index is -4.79. The van der Waals surface area contributed by atoms with Crippen LogP contribution in [0.3, 0.4) is 0 Å². The first kappa shape index (κ1) is 21.6. The number of carbonyl (C=O) groups is 1. The second-order valence-corrected chi connectivity index (χ2v) is 7.53. The molecule has 2 atom stereocenters. The Bertz CT molecular complexity index is 1050. The third-order valence-corrected chi connectivity index (χ3v) is 5.38. The molecule has 1 heterocycles. The first-order valence-corrected chi connectivity index (χ1v) is 9.35. The van der Waals surface area contributed by atoms with E-state index in [0.29, 0.717) is 11.5 Å². The number of carbonyl (C=O) groups excluding carboxylic acids is 1. The number of halogens is 5. The molecule has 1 amide bonds. The number of benzene rings is 1. The van der Waals surface area contributed by atoms with Gasteiger partial charge in [0.15, 0.2) is 0 Å². The molecule has 1 aliphatic rings. The Labute approximate surface area is 171 Å². The highest BCUT2D eigenvalue weighted by molar-refractivity contribution is 7.09. The molecule has 1 aliphatic carbocycles. The molecular formula is C18H12F5N5OS. The van der Waals surface area contributed by atoms with Gasteiger partial charge in [-0.05, 0) is 30.0 Å². The van der Waals surface area contributed by atoms with E-state index >= 15 is 0 Å². The van der Waals surface area contributed by atoms with Crippen LogP contribution in [0.2, 0.25) is 0 Å². The number of anilines is 1. The second-order valence-electron chi connectivity index (χ2n) is 6.78. The predicted molar refractivity (Wildman–Crippen MR) is 94.4 cm³/mol. The van der Waals surface area contributed by atoms with Gasteiger partial charge in [0, 0.05) is 24.4 Å². The van der Waals surface area contributed by atoms with Crippen molar-refractivity contribution >= 4 is 22.6 Å². The maximum Gasteiger partial charge on any atom is 0.452 e. The van der Waals surface area contributed by atoms with Crippen LogP contribution in [-0.4, -0.2) is 21.2 Å². The van der Waals surface area contributed by atoms with E-state index in [2.05, 4.69) is 14.7 Å². The molecule has 2 aromatic rings. The lowest BCUT2D eigenvalue weighted by Gasteiger charge is -2.23. The fourth-order valence-corrected chi connectivity index (χ4v) is 4.02. The molecule has 0 saturated heterocycles. The van der Waals surface area contributed by atoms with Crippen molar-refractivity contribution < 1.29 is 26.7 Å². The van der Waals surface area contributed by atoms with Crippen molar-refractivity contribution in [1.82, 2.24) is 9.36 Å². The van der Waals surface area contributed by atoms with Gasteiger partial charge in [0.25, 0.3) is 0 Å². The number of amides is 1. The maximum atomic E-state index is 13.8. The van der Waals surface area contributed by atoms with E-state index in [0.717, 1.165) is 0 Å². The van der Waals surface area contributed by atoms with Gasteiger partial charge < -0.3 is 5.32 Å². The summed E-state index contributed by atoms with van der Waals surface area (Å²) < 4.78 is 68.7. The molecule has 0 bridgehead atoms. The second kappa shape index (κ2) is 7.95. The summed E-state index contributed by atoms with van der Waals surface area (Å²) in [6.07, 6.45) is -5.80. The van der Waals surface area contributed by atoms with Gasteiger partial charge in [-0.2, -0.15) is 33.1 Å². The lowest BCUT2D eigenvalue weighted by molar-refractivity contribution is -0.144. The number of nitriles is 2. The number of nitrogens with zero attached hydrogens (tertiary/aromatic N) is 4. The van der Waals surface area contributed by atoms with Gasteiger partial charge in [-0.25, -0.2) is 8.78 Å². The Balaban J connectivity index is 1.94. The van der Waals surface area contributed by atoms with Gasteiger partial charge in [-0.3, -0.25) is 4.79 Å². The van der Waals surface area contributed by atoms with Crippen LogP contribution in [0.4, 0.5) is 27.1 Å². The van der Waals surface area contributed by atoms with E-state index in [4.69, 9.17) is 5.26 Å². The minimum absolute atomic E-state index is 0.0108. The molecule has 1 aromatic carbocycles. The quantitative estimate of drug-likeness (QED) is 0.706. The van der Waals surface area contributed by atoms with Crippen molar-refractivity contribution in [2.75, 3.05) is 5.32 Å². The van der Waals surface area contributed by atoms with Crippen molar-refractivity contribution in [2.45, 2.75) is 37.3 Å². The largest absolute Gasteiger partial charge is 0.452 e. The average molecular weight is 441 g/mol. The zero-order valence-electron chi connectivity index (χ0n) is 15.0. The average Bonchev–Trinajstić information content (AvgIpc) is 3.28. The molecule has 0 radical (unpaired) electrons. The minimum Gasteiger partial charge on any atom is -0.300 e. The third kappa shape index (κ3) is 4.54. The van der Waals surface area contributed by atoms with Crippen molar-refractivity contribution in [3.8, 4) is 12.1 Å². The third-order valence-electron chi connectivity index (χ3n) is 4.75. The summed E-state index contributed by atoms with van der Waals surface area (Å²) >= 11 is 0.317. The monoisotopic (exact) mass is 441 g/mol. The number of aromatic nitrogens is 2. The SMILES string of the molecule is N#Cc1ccc(C(C(=O)Nc2nc(C(F)(F)F)ns2)C2CCC(F)(F)C2)cc1C#N. The highest BCUT2D eigenvalue weighted by Crippen LogP contribution is 2.46. The number of alkyl halides is 5. The smallest absolute Gasteiger partial charge is 0.300 e. The number of hydrogen-bond donors (Lipinski definition) is 1. The van der Waals surface area contributed by atoms with Gasteiger partial charge in [0.05, 0.1) is 17.0 Å². The lowest BCUT2D eigenvalue weighted by atomic mass is 9.83. The van der Waals surface area contributed by atoms with Crippen molar-refractivity contribution in [3.05, 3.63) is 40.7 Å². The predicted octanol–water partition coefficient (Wildman–Crippen LogP) is 4.46. The van der Waals surface area contributed by atoms with Crippen LogP contribution in [-0.2, 0) is 11.0 Å². The highest BCUT2D eigenvalue weighted by Gasteiger charge is 2.45. The topological polar surface area (TPSA) is 102 Å². The zero-order valence-corrected chi connectivity index (χ0v) is 15.8. The molecule has 3 rings (SSSR count). The van der Waals surface area contributed by atoms with Gasteiger partial charge in [0.2, 0.25) is 22.8 Å². The molecule has 6 nitrogen and oxygen atoms in total. The lowest BCUT2D eigenvalue weighted by Crippen LogP contribution is -2.27. The molecule has 1 fully saturated rings. The summed E-state index contributed by atoms with van der Waals surface area (Å²) in [5.41, 5.74) is 0.232. The summed E-state index contributed by atoms with van der Waals surface area (Å²) in [6.45, 7) is 0. The molecule has 156 valence electrons. The van der Waals surface area contributed by atoms with Crippen LogP contribution < -0.4 is 5.32 Å². The van der Waals surface area contributed by atoms with Crippen LogP contribution in [0.1, 0.15) is 47.7 Å². The van der Waals surface area contributed by atoms with E-state index in [1.54, 1.807) is 0 Å². The van der Waals surface area contributed by atoms with E-state index < -0.39 is 53.6 Å². The summed E-state index contributed by atoms with van der Waals surface area (Å²) in [5, 5.41) is 20.1. The summed E-state index contributed by atoms with van der Waals surface area (Å²) in [7, 11) is 0. The summed E-state index contributed by atoms with van der Waals surface area (Å²) in [6, 6.07) is 7.56. The van der Waals surface area contributed by atoms with Crippen molar-refractivity contribution in [1.29, 1.82) is 10.5 Å². The fraction of sp³-hybridized carbons (Fsp3) is 0.389. The first-order valence-electron chi connectivity index (χ1n) is 8.58. The van der Waals surface area contributed by atoms with Gasteiger partial charge in [0.1, 0.15) is 12.1 Å². The molecule has 1 saturated carbocycles.